The second kappa shape index (κ2) is 34.9. The molecule has 0 aliphatic rings. The third-order valence-corrected chi connectivity index (χ3v) is 7.40. The smallest absolute Gasteiger partial charge is 0.306 e. The van der Waals surface area contributed by atoms with E-state index in [-0.39, 0.29) is 18.5 Å². The van der Waals surface area contributed by atoms with Gasteiger partial charge in [0.1, 0.15) is 6.10 Å². The Bertz CT molecular complexity index is 830. The van der Waals surface area contributed by atoms with E-state index in [0.717, 1.165) is 64.2 Å². The number of ether oxygens (including phenoxy) is 1. The van der Waals surface area contributed by atoms with Gasteiger partial charge in [0, 0.05) is 12.8 Å². The van der Waals surface area contributed by atoms with Crippen LogP contribution in [0, 0.1) is 0 Å². The second-order valence-electron chi connectivity index (χ2n) is 11.7. The molecule has 250 valence electrons. The molecule has 4 heteroatoms. The normalized spacial score (nSPS) is 13.1. The number of unbranched alkanes of at least 4 members (excludes halogenated alkanes) is 12. The van der Waals surface area contributed by atoms with Gasteiger partial charge in [0.05, 0.1) is 0 Å². The van der Waals surface area contributed by atoms with Gasteiger partial charge in [-0.2, -0.15) is 0 Å². The Balaban J connectivity index is 4.15. The first-order valence-corrected chi connectivity index (χ1v) is 17.9. The maximum atomic E-state index is 12.5. The van der Waals surface area contributed by atoms with Crippen molar-refractivity contribution in [2.45, 2.75) is 168 Å². The topological polar surface area (TPSA) is 63.6 Å². The summed E-state index contributed by atoms with van der Waals surface area (Å²) in [4.78, 5) is 23.3. The molecule has 1 unspecified atom stereocenters. The highest BCUT2D eigenvalue weighted by Gasteiger charge is 2.11. The molecule has 0 radical (unpaired) electrons. The van der Waals surface area contributed by atoms with Crippen LogP contribution in [0.1, 0.15) is 162 Å². The molecule has 0 aromatic carbocycles. The summed E-state index contributed by atoms with van der Waals surface area (Å²) in [5.74, 6) is -0.927. The van der Waals surface area contributed by atoms with E-state index >= 15 is 0 Å². The minimum atomic E-state index is -0.780. The van der Waals surface area contributed by atoms with Gasteiger partial charge in [-0.25, -0.2) is 0 Å². The zero-order valence-corrected chi connectivity index (χ0v) is 28.4. The van der Waals surface area contributed by atoms with Crippen molar-refractivity contribution in [2.75, 3.05) is 0 Å². The monoisotopic (exact) mass is 610 g/mol. The Morgan fingerprint density at radius 2 is 1.02 bits per heavy atom. The summed E-state index contributed by atoms with van der Waals surface area (Å²) in [5.41, 5.74) is 0. The zero-order valence-electron chi connectivity index (χ0n) is 28.4. The molecule has 0 fully saturated rings. The molecule has 1 N–H and O–H groups in total. The fourth-order valence-corrected chi connectivity index (χ4v) is 4.77. The summed E-state index contributed by atoms with van der Waals surface area (Å²) in [7, 11) is 0. The van der Waals surface area contributed by atoms with Gasteiger partial charge >= 0.3 is 11.9 Å². The van der Waals surface area contributed by atoms with Gasteiger partial charge in [0.25, 0.3) is 0 Å². The highest BCUT2D eigenvalue weighted by molar-refractivity contribution is 5.69. The number of hydrogen-bond donors (Lipinski definition) is 1. The molecule has 0 heterocycles. The highest BCUT2D eigenvalue weighted by atomic mass is 16.5. The number of carbonyl (C=O) groups excluding carboxylic acids is 1. The van der Waals surface area contributed by atoms with Gasteiger partial charge in [-0.3, -0.25) is 9.59 Å². The van der Waals surface area contributed by atoms with E-state index in [9.17, 15) is 9.59 Å². The van der Waals surface area contributed by atoms with E-state index in [1.165, 1.54) is 57.8 Å². The average Bonchev–Trinajstić information content (AvgIpc) is 3.01. The fraction of sp³-hybridized carbons (Fsp3) is 0.650. The van der Waals surface area contributed by atoms with Crippen molar-refractivity contribution in [1.29, 1.82) is 0 Å². The van der Waals surface area contributed by atoms with Crippen LogP contribution in [0.5, 0.6) is 0 Å². The number of carbonyl (C=O) groups is 2. The maximum absolute atomic E-state index is 12.5. The molecule has 0 aliphatic carbocycles. The SMILES string of the molecule is CC/C=C\C/C=C\C/C=C\C/C=C\C/C=C\C(CCCCC(=O)O)OC(=O)CCCCCCC/C=C\CCCCCCCC. The molecule has 0 saturated carbocycles. The third kappa shape index (κ3) is 33.9. The summed E-state index contributed by atoms with van der Waals surface area (Å²) in [6.07, 6.45) is 49.2. The van der Waals surface area contributed by atoms with Crippen molar-refractivity contribution in [3.8, 4) is 0 Å². The lowest BCUT2D eigenvalue weighted by Gasteiger charge is -2.14. The molecule has 0 aromatic heterocycles. The quantitative estimate of drug-likeness (QED) is 0.0482. The van der Waals surface area contributed by atoms with Crippen LogP contribution in [0.2, 0.25) is 0 Å². The first-order chi connectivity index (χ1) is 21.6. The van der Waals surface area contributed by atoms with Crippen LogP contribution in [0.3, 0.4) is 0 Å². The van der Waals surface area contributed by atoms with Crippen molar-refractivity contribution in [1.82, 2.24) is 0 Å². The molecule has 4 nitrogen and oxygen atoms in total. The second-order valence-corrected chi connectivity index (χ2v) is 11.7. The van der Waals surface area contributed by atoms with Gasteiger partial charge in [-0.05, 0) is 89.5 Å². The first-order valence-electron chi connectivity index (χ1n) is 17.9. The number of carboxylic acids is 1. The molecule has 0 bridgehead atoms. The Hall–Kier alpha value is -2.62. The number of hydrogen-bond acceptors (Lipinski definition) is 3. The number of allylic oxidation sites excluding steroid dienone is 11. The standard InChI is InChI=1S/C40H66O4/c1-3-5-7-9-11-13-15-17-19-21-23-25-27-29-31-37-40(43)44-38(35-32-33-36-39(41)42)34-30-28-26-24-22-20-18-16-14-12-10-8-6-4-2/h6,8,12,14,17-20,24,26,30,34,38H,3-5,7,9-11,13,15-16,21-23,25,27-29,31-33,35-37H2,1-2H3,(H,41,42)/b8-6-,14-12-,19-17-,20-18-,26-24-,34-30-. The van der Waals surface area contributed by atoms with E-state index < -0.39 is 5.97 Å². The number of rotatable bonds is 31. The summed E-state index contributed by atoms with van der Waals surface area (Å²) in [5, 5.41) is 8.91. The molecule has 44 heavy (non-hydrogen) atoms. The molecule has 1 atom stereocenters. The molecule has 0 amide bonds. The molecule has 0 saturated heterocycles. The fourth-order valence-electron chi connectivity index (χ4n) is 4.77. The first kappa shape index (κ1) is 41.4. The average molecular weight is 611 g/mol. The van der Waals surface area contributed by atoms with Crippen molar-refractivity contribution in [2.24, 2.45) is 0 Å². The van der Waals surface area contributed by atoms with E-state index in [0.29, 0.717) is 19.3 Å². The Morgan fingerprint density at radius 3 is 1.57 bits per heavy atom. The van der Waals surface area contributed by atoms with Crippen LogP contribution in [-0.2, 0) is 14.3 Å². The predicted molar refractivity (Wildman–Crippen MR) is 190 cm³/mol. The summed E-state index contributed by atoms with van der Waals surface area (Å²) in [6.45, 7) is 4.41. The largest absolute Gasteiger partial charge is 0.481 e. The van der Waals surface area contributed by atoms with Crippen molar-refractivity contribution in [3.05, 3.63) is 72.9 Å². The van der Waals surface area contributed by atoms with E-state index in [1.54, 1.807) is 0 Å². The summed E-state index contributed by atoms with van der Waals surface area (Å²) in [6, 6.07) is 0. The Kier molecular flexibility index (Phi) is 32.8. The lowest BCUT2D eigenvalue weighted by atomic mass is 10.1. The summed E-state index contributed by atoms with van der Waals surface area (Å²) < 4.78 is 5.76. The Morgan fingerprint density at radius 1 is 0.545 bits per heavy atom. The van der Waals surface area contributed by atoms with Gasteiger partial charge in [-0.1, -0.05) is 132 Å². The lowest BCUT2D eigenvalue weighted by molar-refractivity contribution is -0.147. The van der Waals surface area contributed by atoms with E-state index in [2.05, 4.69) is 74.6 Å². The van der Waals surface area contributed by atoms with Crippen molar-refractivity contribution >= 4 is 11.9 Å². The zero-order chi connectivity index (χ0) is 32.2. The molecular weight excluding hydrogens is 544 g/mol. The van der Waals surface area contributed by atoms with Gasteiger partial charge in [-0.15, -0.1) is 0 Å². The number of aliphatic carboxylic acids is 1. The third-order valence-electron chi connectivity index (χ3n) is 7.40. The highest BCUT2D eigenvalue weighted by Crippen LogP contribution is 2.13. The number of esters is 1. The minimum Gasteiger partial charge on any atom is -0.481 e. The maximum Gasteiger partial charge on any atom is 0.306 e. The van der Waals surface area contributed by atoms with Crippen molar-refractivity contribution in [3.63, 3.8) is 0 Å². The van der Waals surface area contributed by atoms with Gasteiger partial charge in [0.15, 0.2) is 0 Å². The molecular formula is C40H66O4. The molecule has 0 rings (SSSR count). The van der Waals surface area contributed by atoms with Crippen LogP contribution in [0.4, 0.5) is 0 Å². The van der Waals surface area contributed by atoms with E-state index in [1.807, 2.05) is 12.2 Å². The van der Waals surface area contributed by atoms with Crippen LogP contribution in [0.15, 0.2) is 72.9 Å². The van der Waals surface area contributed by atoms with Crippen LogP contribution < -0.4 is 0 Å². The molecule has 0 aromatic rings. The van der Waals surface area contributed by atoms with Crippen molar-refractivity contribution < 1.29 is 19.4 Å². The molecule has 0 spiro atoms. The minimum absolute atomic E-state index is 0.147. The predicted octanol–water partition coefficient (Wildman–Crippen LogP) is 12.3. The van der Waals surface area contributed by atoms with Gasteiger partial charge < -0.3 is 9.84 Å². The Labute approximate surface area is 271 Å². The summed E-state index contributed by atoms with van der Waals surface area (Å²) >= 11 is 0. The number of carboxylic acid groups (broad SMARTS) is 1. The van der Waals surface area contributed by atoms with Gasteiger partial charge in [0.2, 0.25) is 0 Å². The lowest BCUT2D eigenvalue weighted by Crippen LogP contribution is -2.16. The molecule has 0 aliphatic heterocycles. The van der Waals surface area contributed by atoms with Crippen LogP contribution >= 0.6 is 0 Å². The van der Waals surface area contributed by atoms with E-state index in [4.69, 9.17) is 9.84 Å². The van der Waals surface area contributed by atoms with Crippen LogP contribution in [0.25, 0.3) is 0 Å². The van der Waals surface area contributed by atoms with Crippen LogP contribution in [-0.4, -0.2) is 23.1 Å².